The number of hydrogen-bond acceptors (Lipinski definition) is 5. The molecule has 0 saturated heterocycles. The second-order valence-electron chi connectivity index (χ2n) is 2.56. The molecule has 0 aliphatic heterocycles. The SMILES string of the molecule is COP(=O)(OC)/C(C#N)=C\c1ccoc1. The van der Waals surface area contributed by atoms with Crippen LogP contribution in [0.25, 0.3) is 6.08 Å². The molecule has 0 aromatic carbocycles. The van der Waals surface area contributed by atoms with Crippen LogP contribution in [0.1, 0.15) is 5.56 Å². The van der Waals surface area contributed by atoms with Gasteiger partial charge in [0.25, 0.3) is 0 Å². The average molecular weight is 227 g/mol. The van der Waals surface area contributed by atoms with Crippen LogP contribution < -0.4 is 0 Å². The predicted molar refractivity (Wildman–Crippen MR) is 53.9 cm³/mol. The van der Waals surface area contributed by atoms with E-state index in [-0.39, 0.29) is 5.31 Å². The Labute approximate surface area is 87.4 Å². The van der Waals surface area contributed by atoms with E-state index in [0.29, 0.717) is 5.56 Å². The third-order valence-electron chi connectivity index (χ3n) is 1.74. The Bertz CT molecular complexity index is 421. The van der Waals surface area contributed by atoms with Crippen molar-refractivity contribution in [3.05, 3.63) is 29.5 Å². The zero-order valence-corrected chi connectivity index (χ0v) is 9.23. The molecule has 0 unspecified atom stereocenters. The van der Waals surface area contributed by atoms with Crippen LogP contribution in [0.2, 0.25) is 0 Å². The highest BCUT2D eigenvalue weighted by molar-refractivity contribution is 7.59. The molecule has 15 heavy (non-hydrogen) atoms. The van der Waals surface area contributed by atoms with Crippen LogP contribution in [0.4, 0.5) is 0 Å². The van der Waals surface area contributed by atoms with Crippen molar-refractivity contribution in [1.29, 1.82) is 5.26 Å². The van der Waals surface area contributed by atoms with Crippen molar-refractivity contribution in [2.75, 3.05) is 14.2 Å². The molecule has 6 heteroatoms. The molecule has 0 N–H and O–H groups in total. The van der Waals surface area contributed by atoms with Crippen molar-refractivity contribution in [2.24, 2.45) is 0 Å². The summed E-state index contributed by atoms with van der Waals surface area (Å²) in [6.07, 6.45) is 4.27. The van der Waals surface area contributed by atoms with Gasteiger partial charge in [-0.1, -0.05) is 0 Å². The van der Waals surface area contributed by atoms with E-state index in [4.69, 9.17) is 18.7 Å². The summed E-state index contributed by atoms with van der Waals surface area (Å²) in [5.74, 6) is 0. The summed E-state index contributed by atoms with van der Waals surface area (Å²) < 4.78 is 26.1. The lowest BCUT2D eigenvalue weighted by Crippen LogP contribution is -1.90. The van der Waals surface area contributed by atoms with E-state index in [1.54, 1.807) is 12.1 Å². The Kier molecular flexibility index (Phi) is 3.87. The summed E-state index contributed by atoms with van der Waals surface area (Å²) >= 11 is 0. The molecule has 0 aliphatic carbocycles. The number of allylic oxidation sites excluding steroid dienone is 1. The van der Waals surface area contributed by atoms with Gasteiger partial charge >= 0.3 is 7.60 Å². The summed E-state index contributed by atoms with van der Waals surface area (Å²) in [5, 5.41) is 8.78. The molecule has 0 radical (unpaired) electrons. The van der Waals surface area contributed by atoms with Gasteiger partial charge in [-0.05, 0) is 12.1 Å². The van der Waals surface area contributed by atoms with Crippen LogP contribution in [0.5, 0.6) is 0 Å². The van der Waals surface area contributed by atoms with Gasteiger partial charge in [0.1, 0.15) is 11.4 Å². The first-order chi connectivity index (χ1) is 7.16. The van der Waals surface area contributed by atoms with Gasteiger partial charge in [-0.3, -0.25) is 4.57 Å². The van der Waals surface area contributed by atoms with Gasteiger partial charge in [0.2, 0.25) is 0 Å². The van der Waals surface area contributed by atoms with Crippen LogP contribution in [-0.2, 0) is 13.6 Å². The fraction of sp³-hybridized carbons (Fsp3) is 0.222. The van der Waals surface area contributed by atoms with Gasteiger partial charge in [-0.2, -0.15) is 5.26 Å². The zero-order chi connectivity index (χ0) is 11.3. The van der Waals surface area contributed by atoms with E-state index >= 15 is 0 Å². The average Bonchev–Trinajstić information content (AvgIpc) is 2.77. The number of nitrogens with zero attached hydrogens (tertiary/aromatic N) is 1. The van der Waals surface area contributed by atoms with Gasteiger partial charge in [-0.25, -0.2) is 0 Å². The Morgan fingerprint density at radius 3 is 2.67 bits per heavy atom. The minimum absolute atomic E-state index is 0.0612. The molecular formula is C9H10NO4P. The van der Waals surface area contributed by atoms with Gasteiger partial charge < -0.3 is 13.5 Å². The Morgan fingerprint density at radius 1 is 1.60 bits per heavy atom. The molecule has 1 heterocycles. The summed E-state index contributed by atoms with van der Waals surface area (Å²) in [5.41, 5.74) is 0.626. The minimum atomic E-state index is -3.47. The number of rotatable bonds is 4. The smallest absolute Gasteiger partial charge is 0.371 e. The second-order valence-corrected chi connectivity index (χ2v) is 4.77. The zero-order valence-electron chi connectivity index (χ0n) is 8.34. The van der Waals surface area contributed by atoms with E-state index in [2.05, 4.69) is 0 Å². The molecule has 0 atom stereocenters. The molecule has 0 fully saturated rings. The van der Waals surface area contributed by atoms with E-state index in [1.165, 1.54) is 32.8 Å². The fourth-order valence-corrected chi connectivity index (χ4v) is 1.93. The van der Waals surface area contributed by atoms with Crippen molar-refractivity contribution in [2.45, 2.75) is 0 Å². The lowest BCUT2D eigenvalue weighted by Gasteiger charge is -2.11. The maximum atomic E-state index is 11.8. The summed E-state index contributed by atoms with van der Waals surface area (Å²) in [6.45, 7) is 0. The molecular weight excluding hydrogens is 217 g/mol. The standard InChI is InChI=1S/C9H10NO4P/c1-12-15(11,13-2)9(6-10)5-8-3-4-14-7-8/h3-5,7H,1-2H3/b9-5-. The Balaban J connectivity index is 3.10. The molecule has 0 spiro atoms. The monoisotopic (exact) mass is 227 g/mol. The minimum Gasteiger partial charge on any atom is -0.472 e. The summed E-state index contributed by atoms with van der Waals surface area (Å²) in [7, 11) is -1.02. The molecule has 1 aromatic rings. The predicted octanol–water partition coefficient (Wildman–Crippen LogP) is 2.63. The maximum absolute atomic E-state index is 11.8. The van der Waals surface area contributed by atoms with E-state index in [1.807, 2.05) is 0 Å². The first-order valence-electron chi connectivity index (χ1n) is 4.02. The normalized spacial score (nSPS) is 12.5. The Morgan fingerprint density at radius 2 is 2.27 bits per heavy atom. The third-order valence-corrected chi connectivity index (χ3v) is 3.52. The van der Waals surface area contributed by atoms with Crippen LogP contribution in [0.3, 0.4) is 0 Å². The second kappa shape index (κ2) is 4.94. The molecule has 1 rings (SSSR count). The molecule has 0 amide bonds. The fourth-order valence-electron chi connectivity index (χ4n) is 0.959. The van der Waals surface area contributed by atoms with Crippen LogP contribution >= 0.6 is 7.60 Å². The van der Waals surface area contributed by atoms with Crippen LogP contribution in [0, 0.1) is 11.3 Å². The lowest BCUT2D eigenvalue weighted by atomic mass is 10.3. The van der Waals surface area contributed by atoms with Crippen LogP contribution in [0.15, 0.2) is 28.3 Å². The first-order valence-corrected chi connectivity index (χ1v) is 5.56. The third kappa shape index (κ3) is 2.57. The van der Waals surface area contributed by atoms with Crippen molar-refractivity contribution < 1.29 is 18.0 Å². The molecule has 0 bridgehead atoms. The summed E-state index contributed by atoms with van der Waals surface area (Å²) in [4.78, 5) is 0. The van der Waals surface area contributed by atoms with Crippen molar-refractivity contribution in [1.82, 2.24) is 0 Å². The van der Waals surface area contributed by atoms with Gasteiger partial charge in [-0.15, -0.1) is 0 Å². The molecule has 1 aromatic heterocycles. The maximum Gasteiger partial charge on any atom is 0.371 e. The highest BCUT2D eigenvalue weighted by Gasteiger charge is 2.27. The first kappa shape index (κ1) is 11.7. The molecule has 5 nitrogen and oxygen atoms in total. The van der Waals surface area contributed by atoms with Gasteiger partial charge in [0, 0.05) is 19.8 Å². The Hall–Kier alpha value is -1.34. The molecule has 0 saturated carbocycles. The summed E-state index contributed by atoms with van der Waals surface area (Å²) in [6, 6.07) is 3.42. The van der Waals surface area contributed by atoms with Crippen molar-refractivity contribution >= 4 is 13.7 Å². The van der Waals surface area contributed by atoms with E-state index in [9.17, 15) is 4.57 Å². The van der Waals surface area contributed by atoms with Crippen molar-refractivity contribution in [3.63, 3.8) is 0 Å². The highest BCUT2D eigenvalue weighted by atomic mass is 31.2. The molecule has 80 valence electrons. The quantitative estimate of drug-likeness (QED) is 0.583. The van der Waals surface area contributed by atoms with Crippen molar-refractivity contribution in [3.8, 4) is 6.07 Å². The number of nitriles is 1. The topological polar surface area (TPSA) is 72.5 Å². The highest BCUT2D eigenvalue weighted by Crippen LogP contribution is 2.54. The number of hydrogen-bond donors (Lipinski definition) is 0. The van der Waals surface area contributed by atoms with Gasteiger partial charge in [0.05, 0.1) is 12.5 Å². The number of furan rings is 1. The van der Waals surface area contributed by atoms with Gasteiger partial charge in [0.15, 0.2) is 0 Å². The largest absolute Gasteiger partial charge is 0.472 e. The van der Waals surface area contributed by atoms with E-state index < -0.39 is 7.60 Å². The van der Waals surface area contributed by atoms with Crippen LogP contribution in [-0.4, -0.2) is 14.2 Å². The van der Waals surface area contributed by atoms with E-state index in [0.717, 1.165) is 0 Å². The molecule has 0 aliphatic rings. The lowest BCUT2D eigenvalue weighted by molar-refractivity contribution is 0.284.